The lowest BCUT2D eigenvalue weighted by molar-refractivity contribution is -0.165. The molecule has 0 spiro atoms. The zero-order chi connectivity index (χ0) is 20.0. The molecule has 0 rings (SSSR count). The molecule has 6 nitrogen and oxygen atoms in total. The molecule has 0 radical (unpaired) electrons. The molecular formula is C20H38N2O4. The number of nitrogens with one attached hydrogen (secondary N) is 1. The van der Waals surface area contributed by atoms with E-state index in [4.69, 9.17) is 4.74 Å². The first-order chi connectivity index (χ1) is 12.2. The third-order valence-electron chi connectivity index (χ3n) is 3.97. The number of ether oxygens (including phenoxy) is 1. The number of carbonyl (C=O) groups is 2. The van der Waals surface area contributed by atoms with Crippen LogP contribution in [0.15, 0.2) is 12.2 Å². The van der Waals surface area contributed by atoms with Gasteiger partial charge in [0.15, 0.2) is 0 Å². The van der Waals surface area contributed by atoms with E-state index in [9.17, 15) is 14.8 Å². The fourth-order valence-electron chi connectivity index (χ4n) is 2.41. The number of allylic oxidation sites excluding steroid dienone is 2. The fourth-order valence-corrected chi connectivity index (χ4v) is 2.41. The van der Waals surface area contributed by atoms with Gasteiger partial charge in [0.25, 0.3) is 0 Å². The van der Waals surface area contributed by atoms with Crippen molar-refractivity contribution < 1.29 is 19.5 Å². The Hall–Kier alpha value is -1.40. The summed E-state index contributed by atoms with van der Waals surface area (Å²) in [6, 6.07) is 0. The molecule has 0 aromatic heterocycles. The molecule has 0 aliphatic heterocycles. The number of hydrogen-bond acceptors (Lipinski definition) is 4. The lowest BCUT2D eigenvalue weighted by Crippen LogP contribution is -2.36. The van der Waals surface area contributed by atoms with Crippen LogP contribution in [0.3, 0.4) is 0 Å². The Morgan fingerprint density at radius 3 is 2.46 bits per heavy atom. The molecule has 0 saturated heterocycles. The molecule has 2 amide bonds. The number of unbranched alkanes of at least 4 members (excludes halogenated alkanes) is 3. The Bertz CT molecular complexity index is 430. The van der Waals surface area contributed by atoms with Gasteiger partial charge in [-0.25, -0.2) is 5.06 Å². The Morgan fingerprint density at radius 2 is 1.88 bits per heavy atom. The number of hydroxylamine groups is 2. The highest BCUT2D eigenvalue weighted by atomic mass is 16.5. The van der Waals surface area contributed by atoms with E-state index in [0.29, 0.717) is 32.4 Å². The fraction of sp³-hybridized carbons (Fsp3) is 0.800. The summed E-state index contributed by atoms with van der Waals surface area (Å²) in [6.45, 7) is 9.12. The van der Waals surface area contributed by atoms with E-state index in [1.165, 1.54) is 0 Å². The van der Waals surface area contributed by atoms with Crippen LogP contribution in [-0.2, 0) is 14.3 Å². The zero-order valence-electron chi connectivity index (χ0n) is 17.2. The summed E-state index contributed by atoms with van der Waals surface area (Å²) in [4.78, 5) is 23.3. The van der Waals surface area contributed by atoms with E-state index in [2.05, 4.69) is 38.2 Å². The van der Waals surface area contributed by atoms with Gasteiger partial charge in [0.05, 0.1) is 0 Å². The SMILES string of the molecule is CCC(=O)N(O)CCCCCNC(=O)C(CCC/C=C/C(C)(C)C)OC. The molecule has 6 heteroatoms. The standard InChI is InChI=1S/C20H38N2O4/c1-6-18(23)22(25)16-12-8-11-15-21-19(24)17(26-5)13-9-7-10-14-20(2,3)4/h10,14,17,25H,6-9,11-13,15-16H2,1-5H3,(H,21,24)/b14-10+. The van der Waals surface area contributed by atoms with E-state index in [1.54, 1.807) is 14.0 Å². The Morgan fingerprint density at radius 1 is 1.19 bits per heavy atom. The van der Waals surface area contributed by atoms with Gasteiger partial charge in [-0.3, -0.25) is 14.8 Å². The smallest absolute Gasteiger partial charge is 0.249 e. The van der Waals surface area contributed by atoms with Crippen LogP contribution in [0.2, 0.25) is 0 Å². The van der Waals surface area contributed by atoms with Crippen molar-refractivity contribution >= 4 is 11.8 Å². The Labute approximate surface area is 158 Å². The van der Waals surface area contributed by atoms with E-state index in [-0.39, 0.29) is 17.2 Å². The van der Waals surface area contributed by atoms with Crippen molar-refractivity contribution in [2.75, 3.05) is 20.2 Å². The van der Waals surface area contributed by atoms with Gasteiger partial charge in [-0.15, -0.1) is 0 Å². The molecule has 2 N–H and O–H groups in total. The average molecular weight is 371 g/mol. The number of nitrogens with zero attached hydrogens (tertiary/aromatic N) is 1. The minimum atomic E-state index is -0.409. The number of rotatable bonds is 13. The lowest BCUT2D eigenvalue weighted by Gasteiger charge is -2.16. The maximum atomic E-state index is 12.1. The van der Waals surface area contributed by atoms with Crippen molar-refractivity contribution in [3.05, 3.63) is 12.2 Å². The molecule has 1 atom stereocenters. The number of amides is 2. The topological polar surface area (TPSA) is 78.9 Å². The Kier molecular flexibility index (Phi) is 13.0. The summed E-state index contributed by atoms with van der Waals surface area (Å²) >= 11 is 0. The molecule has 0 bridgehead atoms. The summed E-state index contributed by atoms with van der Waals surface area (Å²) in [7, 11) is 1.57. The van der Waals surface area contributed by atoms with Crippen LogP contribution >= 0.6 is 0 Å². The van der Waals surface area contributed by atoms with Crippen LogP contribution in [0.1, 0.15) is 72.6 Å². The van der Waals surface area contributed by atoms with Crippen LogP contribution in [0.25, 0.3) is 0 Å². The minimum Gasteiger partial charge on any atom is -0.372 e. The number of methoxy groups -OCH3 is 1. The molecule has 0 heterocycles. The molecule has 0 aromatic carbocycles. The summed E-state index contributed by atoms with van der Waals surface area (Å²) in [5.74, 6) is -0.337. The highest BCUT2D eigenvalue weighted by Gasteiger charge is 2.16. The highest BCUT2D eigenvalue weighted by Crippen LogP contribution is 2.15. The van der Waals surface area contributed by atoms with Crippen molar-refractivity contribution in [1.82, 2.24) is 10.4 Å². The van der Waals surface area contributed by atoms with Gasteiger partial charge in [-0.2, -0.15) is 0 Å². The van der Waals surface area contributed by atoms with Gasteiger partial charge < -0.3 is 10.1 Å². The Balaban J connectivity index is 3.85. The first kappa shape index (κ1) is 24.6. The maximum Gasteiger partial charge on any atom is 0.249 e. The molecule has 0 aliphatic rings. The molecule has 0 aliphatic carbocycles. The molecular weight excluding hydrogens is 332 g/mol. The van der Waals surface area contributed by atoms with Gasteiger partial charge in [0, 0.05) is 26.6 Å². The molecule has 1 unspecified atom stereocenters. The largest absolute Gasteiger partial charge is 0.372 e. The first-order valence-electron chi connectivity index (χ1n) is 9.68. The monoisotopic (exact) mass is 370 g/mol. The summed E-state index contributed by atoms with van der Waals surface area (Å²) in [5.41, 5.74) is 0.189. The molecule has 26 heavy (non-hydrogen) atoms. The zero-order valence-corrected chi connectivity index (χ0v) is 17.2. The van der Waals surface area contributed by atoms with Crippen molar-refractivity contribution in [1.29, 1.82) is 0 Å². The van der Waals surface area contributed by atoms with Gasteiger partial charge in [-0.1, -0.05) is 39.8 Å². The van der Waals surface area contributed by atoms with Crippen LogP contribution < -0.4 is 5.32 Å². The first-order valence-corrected chi connectivity index (χ1v) is 9.68. The predicted molar refractivity (Wildman–Crippen MR) is 104 cm³/mol. The van der Waals surface area contributed by atoms with Crippen molar-refractivity contribution in [3.63, 3.8) is 0 Å². The van der Waals surface area contributed by atoms with Gasteiger partial charge in [-0.05, 0) is 43.9 Å². The third kappa shape index (κ3) is 12.9. The van der Waals surface area contributed by atoms with Gasteiger partial charge >= 0.3 is 0 Å². The van der Waals surface area contributed by atoms with Crippen LogP contribution in [0.4, 0.5) is 0 Å². The van der Waals surface area contributed by atoms with Crippen LogP contribution in [0, 0.1) is 5.41 Å². The van der Waals surface area contributed by atoms with Crippen LogP contribution in [0.5, 0.6) is 0 Å². The quantitative estimate of drug-likeness (QED) is 0.224. The second kappa shape index (κ2) is 13.8. The van der Waals surface area contributed by atoms with Crippen molar-refractivity contribution in [2.45, 2.75) is 78.7 Å². The summed E-state index contributed by atoms with van der Waals surface area (Å²) in [5, 5.41) is 13.1. The molecule has 0 saturated carbocycles. The molecule has 0 fully saturated rings. The minimum absolute atomic E-state index is 0.0720. The van der Waals surface area contributed by atoms with Gasteiger partial charge in [0.2, 0.25) is 11.8 Å². The van der Waals surface area contributed by atoms with E-state index in [0.717, 1.165) is 30.7 Å². The van der Waals surface area contributed by atoms with Gasteiger partial charge in [0.1, 0.15) is 6.10 Å². The van der Waals surface area contributed by atoms with E-state index in [1.807, 2.05) is 0 Å². The normalized spacial score (nSPS) is 13.0. The summed E-state index contributed by atoms with van der Waals surface area (Å²) < 4.78 is 5.29. The molecule has 0 aromatic rings. The lowest BCUT2D eigenvalue weighted by atomic mass is 9.95. The third-order valence-corrected chi connectivity index (χ3v) is 3.97. The van der Waals surface area contributed by atoms with Crippen LogP contribution in [-0.4, -0.2) is 48.4 Å². The summed E-state index contributed by atoms with van der Waals surface area (Å²) in [6.07, 6.45) is 9.17. The highest BCUT2D eigenvalue weighted by molar-refractivity contribution is 5.80. The van der Waals surface area contributed by atoms with E-state index < -0.39 is 6.10 Å². The molecule has 152 valence electrons. The second-order valence-electron chi connectivity index (χ2n) is 7.65. The van der Waals surface area contributed by atoms with Crippen molar-refractivity contribution in [2.24, 2.45) is 5.41 Å². The average Bonchev–Trinajstić information content (AvgIpc) is 2.58. The van der Waals surface area contributed by atoms with E-state index >= 15 is 0 Å². The number of hydrogen-bond donors (Lipinski definition) is 2. The predicted octanol–water partition coefficient (Wildman–Crippen LogP) is 3.69. The second-order valence-corrected chi connectivity index (χ2v) is 7.65. The number of carbonyl (C=O) groups excluding carboxylic acids is 2. The van der Waals surface area contributed by atoms with Crippen molar-refractivity contribution in [3.8, 4) is 0 Å². The maximum absolute atomic E-state index is 12.1.